The summed E-state index contributed by atoms with van der Waals surface area (Å²) in [5.41, 5.74) is 0.718. The zero-order valence-corrected chi connectivity index (χ0v) is 17.3. The van der Waals surface area contributed by atoms with Crippen molar-refractivity contribution in [2.75, 3.05) is 51.1 Å². The number of nitrogens with zero attached hydrogens (tertiary/aromatic N) is 3. The van der Waals surface area contributed by atoms with Gasteiger partial charge in [0.15, 0.2) is 5.11 Å². The Hall–Kier alpha value is -2.00. The number of likely N-dealkylation sites (tertiary alicyclic amines) is 1. The highest BCUT2D eigenvalue weighted by Gasteiger charge is 2.23. The maximum absolute atomic E-state index is 12.5. The van der Waals surface area contributed by atoms with E-state index in [1.807, 2.05) is 4.90 Å². The Morgan fingerprint density at radius 3 is 2.17 bits per heavy atom. The average Bonchev–Trinajstić information content (AvgIpc) is 2.99. The van der Waals surface area contributed by atoms with E-state index in [0.29, 0.717) is 11.7 Å². The quantitative estimate of drug-likeness (QED) is 0.731. The molecule has 0 spiro atoms. The molecule has 1 aromatic rings. The number of alkyl halides is 2. The minimum atomic E-state index is -2.84. The number of hydrogen-bond acceptors (Lipinski definition) is 4. The Morgan fingerprint density at radius 1 is 0.966 bits per heavy atom. The molecule has 0 atom stereocenters. The molecule has 2 aliphatic heterocycles. The van der Waals surface area contributed by atoms with Gasteiger partial charge in [-0.15, -0.1) is 0 Å². The van der Waals surface area contributed by atoms with Crippen LogP contribution in [-0.4, -0.2) is 78.1 Å². The lowest BCUT2D eigenvalue weighted by Gasteiger charge is -2.36. The molecule has 0 saturated carbocycles. The van der Waals surface area contributed by atoms with E-state index in [2.05, 4.69) is 19.9 Å². The van der Waals surface area contributed by atoms with Gasteiger partial charge in [0.2, 0.25) is 5.91 Å². The van der Waals surface area contributed by atoms with E-state index in [1.54, 1.807) is 12.1 Å². The summed E-state index contributed by atoms with van der Waals surface area (Å²) in [4.78, 5) is 18.8. The van der Waals surface area contributed by atoms with Crippen LogP contribution in [0.15, 0.2) is 24.3 Å². The molecule has 2 fully saturated rings. The number of ether oxygens (including phenoxy) is 1. The van der Waals surface area contributed by atoms with Gasteiger partial charge in [-0.25, -0.2) is 0 Å². The summed E-state index contributed by atoms with van der Waals surface area (Å²) in [5.74, 6) is 0.339. The Bertz CT molecular complexity index is 674. The van der Waals surface area contributed by atoms with E-state index in [9.17, 15) is 13.6 Å². The second kappa shape index (κ2) is 10.7. The Morgan fingerprint density at radius 2 is 1.59 bits per heavy atom. The molecule has 9 heteroatoms. The molecule has 6 nitrogen and oxygen atoms in total. The van der Waals surface area contributed by atoms with Crippen LogP contribution in [0.5, 0.6) is 5.75 Å². The Balaban J connectivity index is 1.41. The number of hydrogen-bond donors (Lipinski definition) is 1. The smallest absolute Gasteiger partial charge is 0.387 e. The Kier molecular flexibility index (Phi) is 8.00. The zero-order chi connectivity index (χ0) is 20.6. The zero-order valence-electron chi connectivity index (χ0n) is 16.5. The van der Waals surface area contributed by atoms with Crippen molar-refractivity contribution in [3.63, 3.8) is 0 Å². The molecule has 2 aliphatic rings. The first-order valence-electron chi connectivity index (χ1n) is 10.1. The highest BCUT2D eigenvalue weighted by Crippen LogP contribution is 2.18. The fourth-order valence-corrected chi connectivity index (χ4v) is 3.94. The standard InChI is InChI=1S/C20H28F2N4O2S/c21-19(22)28-17-7-5-16(6-8-17)23-20(29)26-13-11-24(12-14-26)15-18(27)25-9-3-1-2-4-10-25/h5-8,19H,1-4,9-15H2,(H,23,29). The number of thiocarbonyl (C=S) groups is 1. The van der Waals surface area contributed by atoms with Crippen LogP contribution in [0.3, 0.4) is 0 Å². The number of rotatable bonds is 5. The maximum Gasteiger partial charge on any atom is 0.387 e. The first kappa shape index (κ1) is 21.7. The second-order valence-electron chi connectivity index (χ2n) is 7.39. The first-order valence-corrected chi connectivity index (χ1v) is 10.5. The number of nitrogens with one attached hydrogen (secondary N) is 1. The van der Waals surface area contributed by atoms with Crippen molar-refractivity contribution in [1.82, 2.24) is 14.7 Å². The SMILES string of the molecule is O=C(CN1CCN(C(=S)Nc2ccc(OC(F)F)cc2)CC1)N1CCCCCC1. The van der Waals surface area contributed by atoms with Crippen LogP contribution in [-0.2, 0) is 4.79 Å². The van der Waals surface area contributed by atoms with Gasteiger partial charge in [0, 0.05) is 45.0 Å². The largest absolute Gasteiger partial charge is 0.435 e. The van der Waals surface area contributed by atoms with E-state index < -0.39 is 6.61 Å². The fourth-order valence-electron chi connectivity index (χ4n) is 3.64. The predicted octanol–water partition coefficient (Wildman–Crippen LogP) is 3.01. The van der Waals surface area contributed by atoms with Crippen molar-refractivity contribution >= 4 is 28.9 Å². The summed E-state index contributed by atoms with van der Waals surface area (Å²) in [7, 11) is 0. The molecule has 0 aromatic heterocycles. The Labute approximate surface area is 175 Å². The number of piperazine rings is 1. The molecule has 160 valence electrons. The van der Waals surface area contributed by atoms with Gasteiger partial charge in [0.25, 0.3) is 0 Å². The number of benzene rings is 1. The third kappa shape index (κ3) is 6.78. The molecule has 3 rings (SSSR count). The van der Waals surface area contributed by atoms with Crippen molar-refractivity contribution in [2.24, 2.45) is 0 Å². The lowest BCUT2D eigenvalue weighted by Crippen LogP contribution is -2.52. The van der Waals surface area contributed by atoms with Crippen molar-refractivity contribution in [3.8, 4) is 5.75 Å². The van der Waals surface area contributed by atoms with E-state index in [4.69, 9.17) is 12.2 Å². The van der Waals surface area contributed by atoms with Crippen LogP contribution in [0.4, 0.5) is 14.5 Å². The van der Waals surface area contributed by atoms with Crippen molar-refractivity contribution in [2.45, 2.75) is 32.3 Å². The number of carbonyl (C=O) groups excluding carboxylic acids is 1. The van der Waals surface area contributed by atoms with Gasteiger partial charge in [-0.1, -0.05) is 12.8 Å². The number of amides is 1. The van der Waals surface area contributed by atoms with Crippen LogP contribution < -0.4 is 10.1 Å². The lowest BCUT2D eigenvalue weighted by molar-refractivity contribution is -0.132. The van der Waals surface area contributed by atoms with Gasteiger partial charge < -0.3 is 19.9 Å². The molecule has 2 heterocycles. The summed E-state index contributed by atoms with van der Waals surface area (Å²) in [6.07, 6.45) is 4.65. The fraction of sp³-hybridized carbons (Fsp3) is 0.600. The molecule has 1 aromatic carbocycles. The van der Waals surface area contributed by atoms with Crippen LogP contribution in [0.1, 0.15) is 25.7 Å². The van der Waals surface area contributed by atoms with Crippen LogP contribution >= 0.6 is 12.2 Å². The van der Waals surface area contributed by atoms with Crippen LogP contribution in [0, 0.1) is 0 Å². The van der Waals surface area contributed by atoms with E-state index in [1.165, 1.54) is 25.0 Å². The van der Waals surface area contributed by atoms with Crippen LogP contribution in [0.25, 0.3) is 0 Å². The van der Waals surface area contributed by atoms with Crippen molar-refractivity contribution in [3.05, 3.63) is 24.3 Å². The predicted molar refractivity (Wildman–Crippen MR) is 112 cm³/mol. The topological polar surface area (TPSA) is 48.1 Å². The van der Waals surface area contributed by atoms with Gasteiger partial charge >= 0.3 is 6.61 Å². The van der Waals surface area contributed by atoms with Gasteiger partial charge in [-0.05, 0) is 49.3 Å². The third-order valence-electron chi connectivity index (χ3n) is 5.31. The number of carbonyl (C=O) groups is 1. The highest BCUT2D eigenvalue weighted by molar-refractivity contribution is 7.80. The minimum absolute atomic E-state index is 0.110. The van der Waals surface area contributed by atoms with E-state index in [-0.39, 0.29) is 11.7 Å². The van der Waals surface area contributed by atoms with Crippen LogP contribution in [0.2, 0.25) is 0 Å². The second-order valence-corrected chi connectivity index (χ2v) is 7.78. The molecule has 0 radical (unpaired) electrons. The van der Waals surface area contributed by atoms with Gasteiger partial charge in [-0.3, -0.25) is 9.69 Å². The van der Waals surface area contributed by atoms with Gasteiger partial charge in [0.05, 0.1) is 6.54 Å². The average molecular weight is 427 g/mol. The molecule has 0 unspecified atom stereocenters. The van der Waals surface area contributed by atoms with E-state index in [0.717, 1.165) is 57.8 Å². The number of anilines is 1. The van der Waals surface area contributed by atoms with Crippen molar-refractivity contribution < 1.29 is 18.3 Å². The van der Waals surface area contributed by atoms with Crippen molar-refractivity contribution in [1.29, 1.82) is 0 Å². The molecular formula is C20H28F2N4O2S. The lowest BCUT2D eigenvalue weighted by atomic mass is 10.2. The maximum atomic E-state index is 12.5. The molecule has 29 heavy (non-hydrogen) atoms. The van der Waals surface area contributed by atoms with E-state index >= 15 is 0 Å². The third-order valence-corrected chi connectivity index (χ3v) is 5.67. The molecular weight excluding hydrogens is 398 g/mol. The number of halogens is 2. The molecule has 0 bridgehead atoms. The molecule has 1 N–H and O–H groups in total. The monoisotopic (exact) mass is 426 g/mol. The molecule has 2 saturated heterocycles. The summed E-state index contributed by atoms with van der Waals surface area (Å²) in [6, 6.07) is 6.26. The normalized spacial score (nSPS) is 18.4. The minimum Gasteiger partial charge on any atom is -0.435 e. The summed E-state index contributed by atoms with van der Waals surface area (Å²) >= 11 is 5.47. The van der Waals surface area contributed by atoms with Gasteiger partial charge in [0.1, 0.15) is 5.75 Å². The molecule has 0 aliphatic carbocycles. The highest BCUT2D eigenvalue weighted by atomic mass is 32.1. The van der Waals surface area contributed by atoms with Gasteiger partial charge in [-0.2, -0.15) is 8.78 Å². The summed E-state index contributed by atoms with van der Waals surface area (Å²) in [6.45, 7) is 2.45. The molecule has 1 amide bonds. The summed E-state index contributed by atoms with van der Waals surface area (Å²) in [5, 5.41) is 3.72. The summed E-state index contributed by atoms with van der Waals surface area (Å²) < 4.78 is 28.8. The first-order chi connectivity index (χ1) is 14.0.